The van der Waals surface area contributed by atoms with E-state index < -0.39 is 0 Å². The van der Waals surface area contributed by atoms with E-state index in [2.05, 4.69) is 31.2 Å². The normalized spacial score (nSPS) is 10.4. The second-order valence-corrected chi connectivity index (χ2v) is 4.94. The van der Waals surface area contributed by atoms with Crippen molar-refractivity contribution >= 4 is 0 Å². The minimum absolute atomic E-state index is 0.683. The minimum atomic E-state index is 0.683. The molecule has 20 heavy (non-hydrogen) atoms. The van der Waals surface area contributed by atoms with Crippen LogP contribution in [0.2, 0.25) is 0 Å². The molecule has 3 heteroatoms. The van der Waals surface area contributed by atoms with Crippen LogP contribution in [-0.4, -0.2) is 13.7 Å². The summed E-state index contributed by atoms with van der Waals surface area (Å²) in [5.41, 5.74) is 4.57. The Morgan fingerprint density at radius 3 is 2.40 bits per heavy atom. The third-order valence-electron chi connectivity index (χ3n) is 3.56. The lowest BCUT2D eigenvalue weighted by molar-refractivity contribution is -0.890. The lowest BCUT2D eigenvalue weighted by Crippen LogP contribution is -2.44. The summed E-state index contributed by atoms with van der Waals surface area (Å²) < 4.78 is 7.76. The van der Waals surface area contributed by atoms with Crippen LogP contribution in [-0.2, 0) is 6.42 Å². The maximum absolute atomic E-state index is 5.98. The number of nitrogens with zero attached hydrogens (tertiary/aromatic N) is 1. The van der Waals surface area contributed by atoms with Crippen molar-refractivity contribution in [2.45, 2.75) is 27.2 Å². The fourth-order valence-electron chi connectivity index (χ4n) is 2.28. The molecule has 0 atom stereocenters. The van der Waals surface area contributed by atoms with Crippen LogP contribution >= 0.6 is 0 Å². The SMILES string of the molecule is CO[n+]1cc(C)c(OCCc2ccccc2)c(C)c1C. The van der Waals surface area contributed by atoms with Gasteiger partial charge in [0.1, 0.15) is 12.9 Å². The van der Waals surface area contributed by atoms with Crippen LogP contribution in [0.3, 0.4) is 0 Å². The average Bonchev–Trinajstić information content (AvgIpc) is 2.47. The molecule has 106 valence electrons. The van der Waals surface area contributed by atoms with Crippen molar-refractivity contribution in [3.8, 4) is 5.75 Å². The number of hydrogen-bond acceptors (Lipinski definition) is 2. The van der Waals surface area contributed by atoms with E-state index in [1.165, 1.54) is 5.56 Å². The largest absolute Gasteiger partial charge is 0.492 e. The highest BCUT2D eigenvalue weighted by Crippen LogP contribution is 2.23. The van der Waals surface area contributed by atoms with E-state index in [9.17, 15) is 0 Å². The third kappa shape index (κ3) is 3.10. The molecule has 0 aliphatic heterocycles. The molecule has 0 N–H and O–H groups in total. The molecule has 1 aromatic carbocycles. The van der Waals surface area contributed by atoms with Crippen LogP contribution in [0.15, 0.2) is 36.5 Å². The van der Waals surface area contributed by atoms with Gasteiger partial charge in [-0.25, -0.2) is 0 Å². The first-order valence-electron chi connectivity index (χ1n) is 6.87. The van der Waals surface area contributed by atoms with Gasteiger partial charge < -0.3 is 4.74 Å². The molecule has 0 unspecified atom stereocenters. The zero-order valence-corrected chi connectivity index (χ0v) is 12.6. The van der Waals surface area contributed by atoms with Gasteiger partial charge in [-0.2, -0.15) is 0 Å². The Morgan fingerprint density at radius 2 is 1.75 bits per heavy atom. The first-order valence-corrected chi connectivity index (χ1v) is 6.87. The van der Waals surface area contributed by atoms with Crippen LogP contribution in [0.25, 0.3) is 0 Å². The van der Waals surface area contributed by atoms with E-state index in [0.29, 0.717) is 6.61 Å². The zero-order valence-electron chi connectivity index (χ0n) is 12.6. The van der Waals surface area contributed by atoms with Crippen LogP contribution in [0.5, 0.6) is 5.75 Å². The molecule has 0 saturated heterocycles. The number of pyridine rings is 1. The summed E-state index contributed by atoms with van der Waals surface area (Å²) in [7, 11) is 1.67. The van der Waals surface area contributed by atoms with Crippen LogP contribution in [0.1, 0.15) is 22.4 Å². The Labute approximate surface area is 120 Å². The predicted molar refractivity (Wildman–Crippen MR) is 79.0 cm³/mol. The molecule has 0 saturated carbocycles. The lowest BCUT2D eigenvalue weighted by atomic mass is 10.1. The second-order valence-electron chi connectivity index (χ2n) is 4.94. The summed E-state index contributed by atoms with van der Waals surface area (Å²) in [6.07, 6.45) is 2.87. The van der Waals surface area contributed by atoms with Gasteiger partial charge in [-0.1, -0.05) is 30.3 Å². The van der Waals surface area contributed by atoms with Gasteiger partial charge in [-0.15, -0.1) is 0 Å². The smallest absolute Gasteiger partial charge is 0.237 e. The summed E-state index contributed by atoms with van der Waals surface area (Å²) >= 11 is 0. The first kappa shape index (κ1) is 14.4. The van der Waals surface area contributed by atoms with Crippen LogP contribution in [0.4, 0.5) is 0 Å². The van der Waals surface area contributed by atoms with Gasteiger partial charge in [-0.3, -0.25) is 4.84 Å². The topological polar surface area (TPSA) is 22.3 Å². The average molecular weight is 272 g/mol. The molecular formula is C17H22NO2+. The summed E-state index contributed by atoms with van der Waals surface area (Å²) in [6.45, 7) is 6.82. The highest BCUT2D eigenvalue weighted by molar-refractivity contribution is 5.38. The molecule has 0 spiro atoms. The Balaban J connectivity index is 2.08. The highest BCUT2D eigenvalue weighted by Gasteiger charge is 2.18. The van der Waals surface area contributed by atoms with Crippen LogP contribution < -0.4 is 14.3 Å². The van der Waals surface area contributed by atoms with Crippen molar-refractivity contribution in [3.05, 3.63) is 58.9 Å². The van der Waals surface area contributed by atoms with E-state index in [0.717, 1.165) is 29.0 Å². The molecule has 0 bridgehead atoms. The Morgan fingerprint density at radius 1 is 1.05 bits per heavy atom. The molecule has 0 fully saturated rings. The van der Waals surface area contributed by atoms with Gasteiger partial charge >= 0.3 is 0 Å². The summed E-state index contributed by atoms with van der Waals surface area (Å²) in [5.74, 6) is 0.965. The molecule has 2 rings (SSSR count). The monoisotopic (exact) mass is 272 g/mol. The number of ether oxygens (including phenoxy) is 1. The Bertz CT molecular complexity index is 579. The van der Waals surface area contributed by atoms with Crippen molar-refractivity contribution < 1.29 is 14.3 Å². The molecule has 0 aliphatic rings. The van der Waals surface area contributed by atoms with Crippen molar-refractivity contribution in [1.29, 1.82) is 0 Å². The quantitative estimate of drug-likeness (QED) is 0.781. The van der Waals surface area contributed by atoms with Gasteiger partial charge in [0.05, 0.1) is 17.7 Å². The Kier molecular flexibility index (Phi) is 4.61. The van der Waals surface area contributed by atoms with Gasteiger partial charge in [-0.05, 0) is 19.4 Å². The molecule has 3 nitrogen and oxygen atoms in total. The summed E-state index contributed by atoms with van der Waals surface area (Å²) in [5, 5.41) is 0. The standard InChI is InChI=1S/C17H22NO2/c1-13-12-18(19-4)15(3)14(2)17(13)20-11-10-16-8-6-5-7-9-16/h5-9,12H,10-11H2,1-4H3/q+1. The van der Waals surface area contributed by atoms with Gasteiger partial charge in [0.15, 0.2) is 0 Å². The van der Waals surface area contributed by atoms with Crippen molar-refractivity contribution in [2.75, 3.05) is 13.7 Å². The second kappa shape index (κ2) is 6.42. The molecule has 0 aliphatic carbocycles. The van der Waals surface area contributed by atoms with Crippen molar-refractivity contribution in [2.24, 2.45) is 0 Å². The van der Waals surface area contributed by atoms with E-state index in [1.807, 2.05) is 26.1 Å². The maximum atomic E-state index is 5.98. The van der Waals surface area contributed by atoms with Gasteiger partial charge in [0.2, 0.25) is 11.9 Å². The van der Waals surface area contributed by atoms with E-state index in [1.54, 1.807) is 11.8 Å². The number of aromatic nitrogens is 1. The number of aryl methyl sites for hydroxylation is 1. The van der Waals surface area contributed by atoms with Gasteiger partial charge in [0.25, 0.3) is 0 Å². The zero-order chi connectivity index (χ0) is 14.5. The van der Waals surface area contributed by atoms with Gasteiger partial charge in [0, 0.05) is 18.1 Å². The highest BCUT2D eigenvalue weighted by atomic mass is 16.6. The van der Waals surface area contributed by atoms with Crippen molar-refractivity contribution in [1.82, 2.24) is 0 Å². The molecule has 1 aromatic heterocycles. The molecule has 2 aromatic rings. The first-order chi connectivity index (χ1) is 9.63. The number of rotatable bonds is 5. The predicted octanol–water partition coefficient (Wildman–Crippen LogP) is 2.58. The van der Waals surface area contributed by atoms with Crippen molar-refractivity contribution in [3.63, 3.8) is 0 Å². The number of benzene rings is 1. The fourth-order valence-corrected chi connectivity index (χ4v) is 2.28. The molecule has 0 radical (unpaired) electrons. The summed E-state index contributed by atoms with van der Waals surface area (Å²) in [4.78, 5) is 5.30. The van der Waals surface area contributed by atoms with Crippen LogP contribution in [0, 0.1) is 20.8 Å². The maximum Gasteiger partial charge on any atom is 0.237 e. The lowest BCUT2D eigenvalue weighted by Gasteiger charge is -2.12. The van der Waals surface area contributed by atoms with E-state index in [4.69, 9.17) is 9.57 Å². The van der Waals surface area contributed by atoms with E-state index in [-0.39, 0.29) is 0 Å². The fraction of sp³-hybridized carbons (Fsp3) is 0.353. The molecular weight excluding hydrogens is 250 g/mol. The Hall–Kier alpha value is -2.03. The summed E-state index contributed by atoms with van der Waals surface area (Å²) in [6, 6.07) is 10.4. The van der Waals surface area contributed by atoms with E-state index >= 15 is 0 Å². The number of hydrogen-bond donors (Lipinski definition) is 0. The third-order valence-corrected chi connectivity index (χ3v) is 3.56. The molecule has 1 heterocycles. The minimum Gasteiger partial charge on any atom is -0.492 e. The molecule has 0 amide bonds.